The van der Waals surface area contributed by atoms with Gasteiger partial charge < -0.3 is 15.3 Å². The van der Waals surface area contributed by atoms with Gasteiger partial charge in [-0.05, 0) is 43.9 Å². The Labute approximate surface area is 156 Å². The fourth-order valence-corrected chi connectivity index (χ4v) is 3.93. The highest BCUT2D eigenvalue weighted by Crippen LogP contribution is 2.47. The lowest BCUT2D eigenvalue weighted by Gasteiger charge is -2.19. The minimum absolute atomic E-state index is 0.0558. The number of fused-ring (bicyclic) bond motifs is 1. The van der Waals surface area contributed by atoms with Crippen LogP contribution in [0.25, 0.3) is 0 Å². The number of hydrogen-bond acceptors (Lipinski definition) is 3. The molecule has 1 fully saturated rings. The van der Waals surface area contributed by atoms with Gasteiger partial charge >= 0.3 is 5.97 Å². The van der Waals surface area contributed by atoms with Crippen molar-refractivity contribution >= 4 is 5.97 Å². The normalized spacial score (nSPS) is 30.1. The van der Waals surface area contributed by atoms with Crippen LogP contribution < -0.4 is 0 Å². The molecular weight excluding hydrogens is 328 g/mol. The van der Waals surface area contributed by atoms with Crippen LogP contribution in [0.15, 0.2) is 36.0 Å². The molecule has 3 N–H and O–H groups in total. The monoisotopic (exact) mass is 358 g/mol. The second-order valence-electron chi connectivity index (χ2n) is 7.47. The molecular formula is C22H30O4. The van der Waals surface area contributed by atoms with Gasteiger partial charge in [0.15, 0.2) is 0 Å². The molecule has 1 saturated carbocycles. The van der Waals surface area contributed by atoms with Gasteiger partial charge in [0.2, 0.25) is 0 Å². The largest absolute Gasteiger partial charge is 0.481 e. The van der Waals surface area contributed by atoms with Crippen molar-refractivity contribution in [2.75, 3.05) is 0 Å². The van der Waals surface area contributed by atoms with Crippen LogP contribution in [0.5, 0.6) is 0 Å². The topological polar surface area (TPSA) is 77.8 Å². The highest BCUT2D eigenvalue weighted by atomic mass is 16.4. The molecule has 0 radical (unpaired) electrons. The smallest absolute Gasteiger partial charge is 0.303 e. The van der Waals surface area contributed by atoms with Crippen LogP contribution in [0.3, 0.4) is 0 Å². The molecule has 0 bridgehead atoms. The SMILES string of the molecule is CC#CCC(C)[C@H](O)/C=C\[C@H]1[C@H]2CC(C=CCCC(=O)O)=C[C@H]2C[C@H]1O. The van der Waals surface area contributed by atoms with E-state index in [1.165, 1.54) is 5.57 Å². The van der Waals surface area contributed by atoms with E-state index in [2.05, 4.69) is 17.9 Å². The maximum atomic E-state index is 10.6. The minimum atomic E-state index is -0.780. The van der Waals surface area contributed by atoms with Gasteiger partial charge in [0.1, 0.15) is 0 Å². The van der Waals surface area contributed by atoms with Crippen LogP contribution >= 0.6 is 0 Å². The summed E-state index contributed by atoms with van der Waals surface area (Å²) in [7, 11) is 0. The number of carbonyl (C=O) groups is 1. The summed E-state index contributed by atoms with van der Waals surface area (Å²) in [5.74, 6) is 5.91. The van der Waals surface area contributed by atoms with E-state index in [-0.39, 0.29) is 24.4 Å². The Morgan fingerprint density at radius 3 is 2.92 bits per heavy atom. The third-order valence-corrected chi connectivity index (χ3v) is 5.47. The fourth-order valence-electron chi connectivity index (χ4n) is 3.93. The van der Waals surface area contributed by atoms with Gasteiger partial charge in [0.25, 0.3) is 0 Å². The highest BCUT2D eigenvalue weighted by molar-refractivity contribution is 5.66. The number of allylic oxidation sites excluding steroid dienone is 4. The molecule has 0 aromatic heterocycles. The highest BCUT2D eigenvalue weighted by Gasteiger charge is 2.43. The molecule has 2 aliphatic rings. The van der Waals surface area contributed by atoms with Gasteiger partial charge in [-0.15, -0.1) is 11.8 Å². The van der Waals surface area contributed by atoms with E-state index in [0.29, 0.717) is 24.7 Å². The average molecular weight is 358 g/mol. The van der Waals surface area contributed by atoms with E-state index in [1.807, 2.05) is 31.2 Å². The predicted molar refractivity (Wildman–Crippen MR) is 102 cm³/mol. The van der Waals surface area contributed by atoms with Gasteiger partial charge in [-0.1, -0.05) is 42.9 Å². The van der Waals surface area contributed by atoms with Crippen molar-refractivity contribution < 1.29 is 20.1 Å². The molecule has 0 amide bonds. The van der Waals surface area contributed by atoms with E-state index >= 15 is 0 Å². The van der Waals surface area contributed by atoms with Crippen molar-refractivity contribution in [2.45, 2.75) is 58.2 Å². The summed E-state index contributed by atoms with van der Waals surface area (Å²) in [5.41, 5.74) is 1.22. The van der Waals surface area contributed by atoms with Crippen molar-refractivity contribution in [3.05, 3.63) is 36.0 Å². The van der Waals surface area contributed by atoms with Crippen molar-refractivity contribution in [3.63, 3.8) is 0 Å². The Hall–Kier alpha value is -1.83. The summed E-state index contributed by atoms with van der Waals surface area (Å²) in [6.45, 7) is 3.77. The third-order valence-electron chi connectivity index (χ3n) is 5.47. The number of aliphatic carboxylic acids is 1. The number of aliphatic hydroxyl groups excluding tert-OH is 2. The number of carboxylic acid groups (broad SMARTS) is 1. The second-order valence-corrected chi connectivity index (χ2v) is 7.47. The Kier molecular flexibility index (Phi) is 7.68. The van der Waals surface area contributed by atoms with Crippen LogP contribution in [0.2, 0.25) is 0 Å². The summed E-state index contributed by atoms with van der Waals surface area (Å²) in [6, 6.07) is 0. The summed E-state index contributed by atoms with van der Waals surface area (Å²) < 4.78 is 0. The van der Waals surface area contributed by atoms with Crippen molar-refractivity contribution in [2.24, 2.45) is 23.7 Å². The van der Waals surface area contributed by atoms with Crippen LogP contribution in [0.1, 0.15) is 46.0 Å². The summed E-state index contributed by atoms with van der Waals surface area (Å²) in [5, 5.41) is 29.3. The van der Waals surface area contributed by atoms with Gasteiger partial charge in [0.05, 0.1) is 12.2 Å². The zero-order chi connectivity index (χ0) is 19.1. The van der Waals surface area contributed by atoms with E-state index in [1.54, 1.807) is 6.92 Å². The molecule has 142 valence electrons. The number of rotatable bonds is 8. The van der Waals surface area contributed by atoms with Crippen molar-refractivity contribution in [3.8, 4) is 11.8 Å². The second kappa shape index (κ2) is 9.75. The van der Waals surface area contributed by atoms with E-state index in [9.17, 15) is 15.0 Å². The van der Waals surface area contributed by atoms with Crippen molar-refractivity contribution in [1.82, 2.24) is 0 Å². The molecule has 6 atom stereocenters. The molecule has 0 spiro atoms. The maximum Gasteiger partial charge on any atom is 0.303 e. The minimum Gasteiger partial charge on any atom is -0.481 e. The molecule has 2 aliphatic carbocycles. The van der Waals surface area contributed by atoms with E-state index in [0.717, 1.165) is 12.8 Å². The van der Waals surface area contributed by atoms with Gasteiger partial charge in [-0.25, -0.2) is 0 Å². The Morgan fingerprint density at radius 1 is 1.46 bits per heavy atom. The zero-order valence-electron chi connectivity index (χ0n) is 15.6. The van der Waals surface area contributed by atoms with Crippen LogP contribution in [-0.2, 0) is 4.79 Å². The molecule has 0 heterocycles. The first kappa shape index (κ1) is 20.5. The standard InChI is InChI=1S/C22H30O4/c1-3-4-7-15(2)20(23)11-10-18-19-13-16(8-5-6-9-22(25)26)12-17(19)14-21(18)24/h5,8,10-12,15,17-21,23-24H,6-7,9,13-14H2,1-2H3,(H,25,26)/b8-5?,11-10-/t15?,17-,18-,19-,20+,21+/m0/s1. The van der Waals surface area contributed by atoms with Crippen LogP contribution in [0, 0.1) is 35.5 Å². The van der Waals surface area contributed by atoms with E-state index < -0.39 is 12.1 Å². The lowest BCUT2D eigenvalue weighted by Crippen LogP contribution is -2.19. The fraction of sp³-hybridized carbons (Fsp3) is 0.591. The molecule has 0 aliphatic heterocycles. The average Bonchev–Trinajstić information content (AvgIpc) is 3.10. The number of aliphatic hydroxyl groups is 2. The van der Waals surface area contributed by atoms with Crippen molar-refractivity contribution in [1.29, 1.82) is 0 Å². The lowest BCUT2D eigenvalue weighted by molar-refractivity contribution is -0.136. The number of hydrogen-bond donors (Lipinski definition) is 3. The first-order valence-electron chi connectivity index (χ1n) is 9.45. The molecule has 2 rings (SSSR count). The summed E-state index contributed by atoms with van der Waals surface area (Å²) >= 11 is 0. The zero-order valence-corrected chi connectivity index (χ0v) is 15.6. The molecule has 4 heteroatoms. The summed E-state index contributed by atoms with van der Waals surface area (Å²) in [4.78, 5) is 10.6. The molecule has 4 nitrogen and oxygen atoms in total. The molecule has 0 saturated heterocycles. The molecule has 26 heavy (non-hydrogen) atoms. The van der Waals surface area contributed by atoms with Gasteiger partial charge in [-0.2, -0.15) is 0 Å². The Bertz CT molecular complexity index is 634. The molecule has 0 aromatic carbocycles. The Morgan fingerprint density at radius 2 is 2.23 bits per heavy atom. The third kappa shape index (κ3) is 5.59. The molecule has 0 aromatic rings. The van der Waals surface area contributed by atoms with Crippen LogP contribution in [0.4, 0.5) is 0 Å². The quantitative estimate of drug-likeness (QED) is 0.459. The lowest BCUT2D eigenvalue weighted by atomic mass is 9.88. The Balaban J connectivity index is 1.91. The van der Waals surface area contributed by atoms with E-state index in [4.69, 9.17) is 5.11 Å². The van der Waals surface area contributed by atoms with Gasteiger partial charge in [0, 0.05) is 18.8 Å². The van der Waals surface area contributed by atoms with Crippen LogP contribution in [-0.4, -0.2) is 33.5 Å². The first-order chi connectivity index (χ1) is 12.4. The predicted octanol–water partition coefficient (Wildman–Crippen LogP) is 3.32. The first-order valence-corrected chi connectivity index (χ1v) is 9.45. The summed E-state index contributed by atoms with van der Waals surface area (Å²) in [6.07, 6.45) is 12.0. The maximum absolute atomic E-state index is 10.6. The number of carboxylic acids is 1. The van der Waals surface area contributed by atoms with Gasteiger partial charge in [-0.3, -0.25) is 4.79 Å². The molecule has 1 unspecified atom stereocenters.